The molecule has 6 heteroatoms. The number of amides is 1. The van der Waals surface area contributed by atoms with E-state index in [1.54, 1.807) is 12.4 Å². The number of aryl methyl sites for hydroxylation is 2. The van der Waals surface area contributed by atoms with Crippen molar-refractivity contribution in [3.05, 3.63) is 41.7 Å². The van der Waals surface area contributed by atoms with E-state index in [0.29, 0.717) is 5.56 Å². The third-order valence-electron chi connectivity index (χ3n) is 5.83. The van der Waals surface area contributed by atoms with Crippen molar-refractivity contribution in [2.24, 2.45) is 5.41 Å². The largest absolute Gasteiger partial charge is 0.337 e. The molecule has 1 amide bonds. The molecule has 3 heterocycles. The summed E-state index contributed by atoms with van der Waals surface area (Å²) in [6, 6.07) is 1.93. The second kappa shape index (κ2) is 6.24. The molecule has 1 saturated heterocycles. The summed E-state index contributed by atoms with van der Waals surface area (Å²) in [5, 5.41) is 8.59. The number of aromatic nitrogens is 4. The highest BCUT2D eigenvalue weighted by atomic mass is 16.2. The standard InChI is InChI=1S/C19H25N5O/c1-3-7-23-13-21-22-17(23)16-11-24(12-19(16)5-4-6-19)18(25)15-8-14(2)9-20-10-15/h8-10,13,16H,3-7,11-12H2,1-2H3. The van der Waals surface area contributed by atoms with Crippen LogP contribution in [0, 0.1) is 12.3 Å². The fraction of sp³-hybridized carbons (Fsp3) is 0.579. The summed E-state index contributed by atoms with van der Waals surface area (Å²) in [5.41, 5.74) is 1.89. The van der Waals surface area contributed by atoms with Crippen LogP contribution >= 0.6 is 0 Å². The molecule has 2 aliphatic rings. The van der Waals surface area contributed by atoms with Crippen LogP contribution in [0.15, 0.2) is 24.8 Å². The SMILES string of the molecule is CCCn1cnnc1C1CN(C(=O)c2cncc(C)c2)CC12CCC2. The number of nitrogens with zero attached hydrogens (tertiary/aromatic N) is 5. The summed E-state index contributed by atoms with van der Waals surface area (Å²) in [6.07, 6.45) is 9.94. The zero-order valence-corrected chi connectivity index (χ0v) is 15.0. The molecule has 1 aliphatic carbocycles. The van der Waals surface area contributed by atoms with E-state index in [0.717, 1.165) is 37.4 Å². The molecule has 0 N–H and O–H groups in total. The number of pyridine rings is 1. The topological polar surface area (TPSA) is 63.9 Å². The second-order valence-electron chi connectivity index (χ2n) is 7.59. The van der Waals surface area contributed by atoms with Gasteiger partial charge in [-0.1, -0.05) is 13.3 Å². The summed E-state index contributed by atoms with van der Waals surface area (Å²) in [5.74, 6) is 1.43. The Morgan fingerprint density at radius 1 is 1.36 bits per heavy atom. The number of carbonyl (C=O) groups is 1. The van der Waals surface area contributed by atoms with E-state index in [1.165, 1.54) is 19.3 Å². The van der Waals surface area contributed by atoms with Crippen molar-refractivity contribution in [1.29, 1.82) is 0 Å². The van der Waals surface area contributed by atoms with Crippen LogP contribution in [-0.2, 0) is 6.54 Å². The lowest BCUT2D eigenvalue weighted by Crippen LogP contribution is -2.38. The van der Waals surface area contributed by atoms with Crippen LogP contribution in [0.4, 0.5) is 0 Å². The van der Waals surface area contributed by atoms with Crippen molar-refractivity contribution < 1.29 is 4.79 Å². The first-order valence-corrected chi connectivity index (χ1v) is 9.21. The van der Waals surface area contributed by atoms with Gasteiger partial charge in [0.15, 0.2) is 0 Å². The van der Waals surface area contributed by atoms with E-state index in [4.69, 9.17) is 0 Å². The maximum atomic E-state index is 13.0. The Morgan fingerprint density at radius 2 is 2.20 bits per heavy atom. The molecule has 1 atom stereocenters. The van der Waals surface area contributed by atoms with Crippen molar-refractivity contribution in [2.75, 3.05) is 13.1 Å². The third-order valence-corrected chi connectivity index (χ3v) is 5.83. The van der Waals surface area contributed by atoms with Crippen LogP contribution in [0.1, 0.15) is 60.3 Å². The van der Waals surface area contributed by atoms with Gasteiger partial charge in [-0.15, -0.1) is 10.2 Å². The lowest BCUT2D eigenvalue weighted by molar-refractivity contribution is 0.0722. The van der Waals surface area contributed by atoms with E-state index in [9.17, 15) is 4.79 Å². The highest BCUT2D eigenvalue weighted by Gasteiger charge is 2.53. The fourth-order valence-electron chi connectivity index (χ4n) is 4.42. The molecule has 1 spiro atoms. The number of hydrogen-bond acceptors (Lipinski definition) is 4. The van der Waals surface area contributed by atoms with Gasteiger partial charge >= 0.3 is 0 Å². The normalized spacial score (nSPS) is 21.5. The van der Waals surface area contributed by atoms with Gasteiger partial charge in [-0.2, -0.15) is 0 Å². The van der Waals surface area contributed by atoms with Gasteiger partial charge in [-0.05, 0) is 43.2 Å². The van der Waals surface area contributed by atoms with Crippen LogP contribution in [0.25, 0.3) is 0 Å². The summed E-state index contributed by atoms with van der Waals surface area (Å²) in [6.45, 7) is 6.62. The molecule has 1 saturated carbocycles. The Balaban J connectivity index is 1.61. The Kier molecular flexibility index (Phi) is 4.06. The number of likely N-dealkylation sites (tertiary alicyclic amines) is 1. The van der Waals surface area contributed by atoms with Crippen LogP contribution < -0.4 is 0 Å². The quantitative estimate of drug-likeness (QED) is 0.859. The summed E-state index contributed by atoms with van der Waals surface area (Å²) in [7, 11) is 0. The molecule has 0 bridgehead atoms. The van der Waals surface area contributed by atoms with Gasteiger partial charge in [-0.3, -0.25) is 9.78 Å². The molecule has 1 aliphatic heterocycles. The smallest absolute Gasteiger partial charge is 0.255 e. The average Bonchev–Trinajstić information content (AvgIpc) is 3.18. The van der Waals surface area contributed by atoms with Gasteiger partial charge in [0.1, 0.15) is 12.2 Å². The molecule has 2 aromatic heterocycles. The zero-order chi connectivity index (χ0) is 17.4. The van der Waals surface area contributed by atoms with Gasteiger partial charge in [0, 0.05) is 37.9 Å². The van der Waals surface area contributed by atoms with E-state index in [2.05, 4.69) is 26.7 Å². The van der Waals surface area contributed by atoms with Crippen molar-refractivity contribution in [1.82, 2.24) is 24.6 Å². The average molecular weight is 339 g/mol. The molecule has 0 aromatic carbocycles. The Hall–Kier alpha value is -2.24. The lowest BCUT2D eigenvalue weighted by atomic mass is 9.62. The van der Waals surface area contributed by atoms with Crippen LogP contribution in [0.5, 0.6) is 0 Å². The van der Waals surface area contributed by atoms with E-state index >= 15 is 0 Å². The predicted molar refractivity (Wildman–Crippen MR) is 94.2 cm³/mol. The number of hydrogen-bond donors (Lipinski definition) is 0. The molecule has 4 rings (SSSR count). The van der Waals surface area contributed by atoms with Crippen LogP contribution in [0.2, 0.25) is 0 Å². The predicted octanol–water partition coefficient (Wildman–Crippen LogP) is 2.80. The summed E-state index contributed by atoms with van der Waals surface area (Å²) >= 11 is 0. The molecule has 2 aromatic rings. The lowest BCUT2D eigenvalue weighted by Gasteiger charge is -2.42. The van der Waals surface area contributed by atoms with Gasteiger partial charge in [0.2, 0.25) is 0 Å². The molecule has 132 valence electrons. The minimum absolute atomic E-state index is 0.0894. The second-order valence-corrected chi connectivity index (χ2v) is 7.59. The molecule has 2 fully saturated rings. The molecule has 25 heavy (non-hydrogen) atoms. The minimum Gasteiger partial charge on any atom is -0.337 e. The van der Waals surface area contributed by atoms with Gasteiger partial charge in [0.25, 0.3) is 5.91 Å². The Morgan fingerprint density at radius 3 is 2.88 bits per heavy atom. The Labute approximate surface area is 148 Å². The molecular weight excluding hydrogens is 314 g/mol. The van der Waals surface area contributed by atoms with E-state index < -0.39 is 0 Å². The first-order chi connectivity index (χ1) is 12.1. The fourth-order valence-corrected chi connectivity index (χ4v) is 4.42. The van der Waals surface area contributed by atoms with Crippen molar-refractivity contribution in [3.63, 3.8) is 0 Å². The van der Waals surface area contributed by atoms with Crippen LogP contribution in [0.3, 0.4) is 0 Å². The highest BCUT2D eigenvalue weighted by Crippen LogP contribution is 2.55. The zero-order valence-electron chi connectivity index (χ0n) is 15.0. The summed E-state index contributed by atoms with van der Waals surface area (Å²) in [4.78, 5) is 19.2. The van der Waals surface area contributed by atoms with Gasteiger partial charge < -0.3 is 9.47 Å². The third kappa shape index (κ3) is 2.73. The maximum Gasteiger partial charge on any atom is 0.255 e. The van der Waals surface area contributed by atoms with Crippen LogP contribution in [-0.4, -0.2) is 43.6 Å². The maximum absolute atomic E-state index is 13.0. The van der Waals surface area contributed by atoms with Crippen molar-refractivity contribution in [3.8, 4) is 0 Å². The monoisotopic (exact) mass is 339 g/mol. The number of rotatable bonds is 4. The van der Waals surface area contributed by atoms with Gasteiger partial charge in [0.05, 0.1) is 5.56 Å². The van der Waals surface area contributed by atoms with E-state index in [-0.39, 0.29) is 17.2 Å². The first-order valence-electron chi connectivity index (χ1n) is 9.21. The Bertz CT molecular complexity index is 780. The molecule has 6 nitrogen and oxygen atoms in total. The van der Waals surface area contributed by atoms with Crippen molar-refractivity contribution >= 4 is 5.91 Å². The first kappa shape index (κ1) is 16.2. The minimum atomic E-state index is 0.0894. The molecular formula is C19H25N5O. The molecule has 0 radical (unpaired) electrons. The molecule has 1 unspecified atom stereocenters. The number of carbonyl (C=O) groups excluding carboxylic acids is 1. The van der Waals surface area contributed by atoms with E-state index in [1.807, 2.05) is 24.2 Å². The summed E-state index contributed by atoms with van der Waals surface area (Å²) < 4.78 is 2.17. The van der Waals surface area contributed by atoms with Crippen molar-refractivity contribution in [2.45, 2.75) is 52.0 Å². The van der Waals surface area contributed by atoms with Gasteiger partial charge in [-0.25, -0.2) is 0 Å². The highest BCUT2D eigenvalue weighted by molar-refractivity contribution is 5.94.